The molecule has 0 saturated carbocycles. The number of anilines is 1. The minimum atomic E-state index is -4.09. The molecule has 9 heteroatoms. The summed E-state index contributed by atoms with van der Waals surface area (Å²) < 4.78 is 29.4. The van der Waals surface area contributed by atoms with Crippen LogP contribution in [0, 0.1) is 0 Å². The zero-order valence-corrected chi connectivity index (χ0v) is 22.3. The van der Waals surface area contributed by atoms with Crippen molar-refractivity contribution in [3.63, 3.8) is 0 Å². The maximum atomic E-state index is 13.7. The van der Waals surface area contributed by atoms with Crippen LogP contribution in [0.15, 0.2) is 76.1 Å². The average Bonchev–Trinajstić information content (AvgIpc) is 3.13. The van der Waals surface area contributed by atoms with Crippen LogP contribution in [0.1, 0.15) is 18.1 Å². The summed E-state index contributed by atoms with van der Waals surface area (Å²) in [6, 6.07) is 19.5. The molecule has 0 saturated heterocycles. The number of hydrogen-bond donors (Lipinski definition) is 0. The van der Waals surface area contributed by atoms with Gasteiger partial charge in [-0.15, -0.1) is 0 Å². The van der Waals surface area contributed by atoms with Crippen LogP contribution < -0.4 is 4.90 Å². The SMILES string of the molecule is C[C@@H]1Cc2cc(Br)ccc2N1C(=O)CN(CCc1ccccc1)S(=O)(=O)c1cc(Cl)ccc1Cl. The summed E-state index contributed by atoms with van der Waals surface area (Å²) in [6.07, 6.45) is 1.15. The Labute approximate surface area is 218 Å². The Kier molecular flexibility index (Phi) is 7.69. The third-order valence-corrected chi connectivity index (χ3v) is 8.90. The van der Waals surface area contributed by atoms with Gasteiger partial charge in [-0.1, -0.05) is 69.5 Å². The van der Waals surface area contributed by atoms with Gasteiger partial charge in [0.25, 0.3) is 0 Å². The monoisotopic (exact) mass is 580 g/mol. The van der Waals surface area contributed by atoms with E-state index in [1.54, 1.807) is 4.90 Å². The molecule has 0 radical (unpaired) electrons. The fraction of sp³-hybridized carbons (Fsp3) is 0.240. The topological polar surface area (TPSA) is 57.7 Å². The fourth-order valence-electron chi connectivity index (χ4n) is 4.20. The summed E-state index contributed by atoms with van der Waals surface area (Å²) in [4.78, 5) is 15.1. The normalized spacial score (nSPS) is 15.6. The summed E-state index contributed by atoms with van der Waals surface area (Å²) in [7, 11) is -4.09. The van der Waals surface area contributed by atoms with Crippen molar-refractivity contribution in [2.75, 3.05) is 18.0 Å². The second kappa shape index (κ2) is 10.4. The van der Waals surface area contributed by atoms with E-state index in [-0.39, 0.29) is 40.0 Å². The highest BCUT2D eigenvalue weighted by Crippen LogP contribution is 2.35. The Morgan fingerprint density at radius 1 is 1.09 bits per heavy atom. The van der Waals surface area contributed by atoms with Gasteiger partial charge in [0.05, 0.1) is 11.6 Å². The van der Waals surface area contributed by atoms with E-state index in [0.717, 1.165) is 21.3 Å². The number of halogens is 3. The lowest BCUT2D eigenvalue weighted by Crippen LogP contribution is -2.45. The first-order valence-corrected chi connectivity index (χ1v) is 13.8. The summed E-state index contributed by atoms with van der Waals surface area (Å²) in [5, 5.41) is 0.316. The van der Waals surface area contributed by atoms with E-state index in [1.165, 1.54) is 22.5 Å². The molecule has 0 bridgehead atoms. The Morgan fingerprint density at radius 3 is 2.56 bits per heavy atom. The molecule has 1 heterocycles. The first-order valence-electron chi connectivity index (χ1n) is 10.8. The van der Waals surface area contributed by atoms with Gasteiger partial charge in [-0.05, 0) is 67.3 Å². The van der Waals surface area contributed by atoms with Crippen molar-refractivity contribution in [3.05, 3.63) is 92.4 Å². The smallest absolute Gasteiger partial charge is 0.245 e. The van der Waals surface area contributed by atoms with E-state index in [4.69, 9.17) is 23.2 Å². The molecule has 0 fully saturated rings. The molecule has 0 spiro atoms. The predicted octanol–water partition coefficient (Wildman–Crippen LogP) is 5.97. The highest BCUT2D eigenvalue weighted by Gasteiger charge is 2.35. The summed E-state index contributed by atoms with van der Waals surface area (Å²) >= 11 is 15.8. The largest absolute Gasteiger partial charge is 0.308 e. The number of carbonyl (C=O) groups is 1. The molecular formula is C25H23BrCl2N2O3S. The van der Waals surface area contributed by atoms with E-state index in [1.807, 2.05) is 55.5 Å². The van der Waals surface area contributed by atoms with Gasteiger partial charge in [0.15, 0.2) is 0 Å². The van der Waals surface area contributed by atoms with Crippen molar-refractivity contribution < 1.29 is 13.2 Å². The highest BCUT2D eigenvalue weighted by atomic mass is 79.9. The molecule has 1 aliphatic rings. The Balaban J connectivity index is 1.66. The molecule has 3 aromatic rings. The number of hydrogen-bond acceptors (Lipinski definition) is 3. The first-order chi connectivity index (χ1) is 16.2. The first kappa shape index (κ1) is 25.2. The lowest BCUT2D eigenvalue weighted by Gasteiger charge is -2.28. The molecule has 0 aromatic heterocycles. The standard InChI is InChI=1S/C25H23BrCl2N2O3S/c1-17-13-19-14-20(26)7-10-23(19)30(17)25(31)16-29(12-11-18-5-3-2-4-6-18)34(32,33)24-15-21(27)8-9-22(24)28/h2-10,14-15,17H,11-13,16H2,1H3/t17-/m1/s1. The Hall–Kier alpha value is -1.90. The molecule has 178 valence electrons. The van der Waals surface area contributed by atoms with E-state index in [9.17, 15) is 13.2 Å². The molecule has 4 rings (SSSR count). The zero-order chi connectivity index (χ0) is 24.5. The molecule has 1 amide bonds. The molecule has 1 aliphatic heterocycles. The van der Waals surface area contributed by atoms with Crippen LogP contribution in [0.25, 0.3) is 0 Å². The van der Waals surface area contributed by atoms with Crippen LogP contribution in [-0.2, 0) is 27.7 Å². The van der Waals surface area contributed by atoms with E-state index >= 15 is 0 Å². The van der Waals surface area contributed by atoms with Gasteiger partial charge < -0.3 is 4.90 Å². The number of amides is 1. The minimum Gasteiger partial charge on any atom is -0.308 e. The number of carbonyl (C=O) groups excluding carboxylic acids is 1. The van der Waals surface area contributed by atoms with Crippen LogP contribution in [0.2, 0.25) is 10.0 Å². The van der Waals surface area contributed by atoms with Gasteiger partial charge in [0, 0.05) is 27.8 Å². The fourth-order valence-corrected chi connectivity index (χ4v) is 6.74. The summed E-state index contributed by atoms with van der Waals surface area (Å²) in [5.41, 5.74) is 2.82. The molecule has 0 aliphatic carbocycles. The molecule has 0 N–H and O–H groups in total. The van der Waals surface area contributed by atoms with Gasteiger partial charge in [-0.2, -0.15) is 4.31 Å². The molecule has 0 unspecified atom stereocenters. The van der Waals surface area contributed by atoms with E-state index in [2.05, 4.69) is 15.9 Å². The number of nitrogens with zero attached hydrogens (tertiary/aromatic N) is 2. The second-order valence-electron chi connectivity index (χ2n) is 8.24. The van der Waals surface area contributed by atoms with Crippen molar-refractivity contribution >= 4 is 60.7 Å². The van der Waals surface area contributed by atoms with Crippen LogP contribution >= 0.6 is 39.1 Å². The lowest BCUT2D eigenvalue weighted by atomic mass is 10.1. The third-order valence-electron chi connectivity index (χ3n) is 5.84. The molecule has 5 nitrogen and oxygen atoms in total. The predicted molar refractivity (Wildman–Crippen MR) is 140 cm³/mol. The van der Waals surface area contributed by atoms with Gasteiger partial charge in [-0.25, -0.2) is 8.42 Å². The maximum Gasteiger partial charge on any atom is 0.245 e. The highest BCUT2D eigenvalue weighted by molar-refractivity contribution is 9.10. The number of fused-ring (bicyclic) bond motifs is 1. The molecular weight excluding hydrogens is 559 g/mol. The quantitative estimate of drug-likeness (QED) is 0.345. The van der Waals surface area contributed by atoms with Crippen molar-refractivity contribution in [1.82, 2.24) is 4.31 Å². The van der Waals surface area contributed by atoms with Crippen molar-refractivity contribution in [2.24, 2.45) is 0 Å². The van der Waals surface area contributed by atoms with Crippen LogP contribution in [-0.4, -0.2) is 37.8 Å². The average molecular weight is 582 g/mol. The third kappa shape index (κ3) is 5.34. The van der Waals surface area contributed by atoms with E-state index < -0.39 is 10.0 Å². The summed E-state index contributed by atoms with van der Waals surface area (Å²) in [6.45, 7) is 1.77. The van der Waals surface area contributed by atoms with Crippen LogP contribution in [0.5, 0.6) is 0 Å². The Morgan fingerprint density at radius 2 is 1.82 bits per heavy atom. The molecule has 3 aromatic carbocycles. The van der Waals surface area contributed by atoms with Gasteiger partial charge in [0.1, 0.15) is 4.90 Å². The van der Waals surface area contributed by atoms with Gasteiger partial charge >= 0.3 is 0 Å². The number of benzene rings is 3. The van der Waals surface area contributed by atoms with Crippen molar-refractivity contribution in [1.29, 1.82) is 0 Å². The summed E-state index contributed by atoms with van der Waals surface area (Å²) in [5.74, 6) is -0.289. The number of rotatable bonds is 7. The van der Waals surface area contributed by atoms with Gasteiger partial charge in [-0.3, -0.25) is 4.79 Å². The van der Waals surface area contributed by atoms with Crippen molar-refractivity contribution in [3.8, 4) is 0 Å². The molecule has 1 atom stereocenters. The van der Waals surface area contributed by atoms with E-state index in [0.29, 0.717) is 12.8 Å². The maximum absolute atomic E-state index is 13.7. The van der Waals surface area contributed by atoms with Gasteiger partial charge in [0.2, 0.25) is 15.9 Å². The van der Waals surface area contributed by atoms with Crippen LogP contribution in [0.4, 0.5) is 5.69 Å². The Bertz CT molecular complexity index is 1320. The minimum absolute atomic E-state index is 0.0614. The lowest BCUT2D eigenvalue weighted by molar-refractivity contribution is -0.119. The number of sulfonamides is 1. The second-order valence-corrected chi connectivity index (χ2v) is 11.9. The molecule has 34 heavy (non-hydrogen) atoms. The van der Waals surface area contributed by atoms with Crippen LogP contribution in [0.3, 0.4) is 0 Å². The van der Waals surface area contributed by atoms with Crippen molar-refractivity contribution in [2.45, 2.75) is 30.7 Å². The zero-order valence-electron chi connectivity index (χ0n) is 18.4.